The Morgan fingerprint density at radius 2 is 1.59 bits per heavy atom. The number of esters is 1. The van der Waals surface area contributed by atoms with Crippen LogP contribution in [0.25, 0.3) is 0 Å². The van der Waals surface area contributed by atoms with Crippen molar-refractivity contribution in [3.05, 3.63) is 35.9 Å². The van der Waals surface area contributed by atoms with Crippen LogP contribution in [0.1, 0.15) is 32.6 Å². The van der Waals surface area contributed by atoms with Crippen LogP contribution in [-0.4, -0.2) is 120 Å². The molecule has 44 heavy (non-hydrogen) atoms. The highest BCUT2D eigenvalue weighted by atomic mass is 79.9. The van der Waals surface area contributed by atoms with Gasteiger partial charge in [-0.15, -0.1) is 0 Å². The normalized spacial score (nSPS) is 40.7. The molecule has 1 aromatic carbocycles. The molecule has 4 heterocycles. The Hall–Kier alpha value is -1.27. The molecule has 4 fully saturated rings. The molecule has 5 rings (SSSR count). The Morgan fingerprint density at radius 3 is 2.20 bits per heavy atom. The van der Waals surface area contributed by atoms with Crippen molar-refractivity contribution >= 4 is 21.9 Å². The molecule has 0 radical (unpaired) electrons. The van der Waals surface area contributed by atoms with E-state index in [1.807, 2.05) is 30.3 Å². The molecule has 8 unspecified atom stereocenters. The highest BCUT2D eigenvalue weighted by Gasteiger charge is 2.62. The molecule has 0 saturated carbocycles. The van der Waals surface area contributed by atoms with E-state index in [0.717, 1.165) is 5.56 Å². The first kappa shape index (κ1) is 34.1. The van der Waals surface area contributed by atoms with Crippen molar-refractivity contribution in [3.8, 4) is 0 Å². The lowest BCUT2D eigenvalue weighted by Crippen LogP contribution is -2.62. The second-order valence-corrected chi connectivity index (χ2v) is 12.6. The summed E-state index contributed by atoms with van der Waals surface area (Å²) in [6.07, 6.45) is -7.68. The Kier molecular flexibility index (Phi) is 11.0. The van der Waals surface area contributed by atoms with Gasteiger partial charge in [0.2, 0.25) is 0 Å². The Morgan fingerprint density at radius 1 is 0.886 bits per heavy atom. The zero-order valence-electron chi connectivity index (χ0n) is 26.0. The van der Waals surface area contributed by atoms with Crippen LogP contribution < -0.4 is 0 Å². The van der Waals surface area contributed by atoms with Crippen LogP contribution in [0.4, 0.5) is 0 Å². The summed E-state index contributed by atoms with van der Waals surface area (Å²) in [4.78, 5) is 13.2. The number of carbonyl (C=O) groups is 1. The standard InChI is InChI=1S/C30H43BrO13/c1-29(2,3)28(32)42-22-20-17(13-37-25(41-20)16-11-9-8-10-12-16)40-27-24(22)43-30(15-31,44-27)38-14-18-19(33-4)21(34-5)23(35-6)26(36-7)39-18/h8-12,17-27H,13-15H2,1-7H3/t17?,18?,19-,20-,21?,22?,23?,24?,25?,26+,27-,30?/m1/s1. The number of benzene rings is 1. The third-order valence-corrected chi connectivity index (χ3v) is 8.78. The van der Waals surface area contributed by atoms with E-state index in [9.17, 15) is 4.79 Å². The quantitative estimate of drug-likeness (QED) is 0.264. The minimum Gasteiger partial charge on any atom is -0.456 e. The Bertz CT molecular complexity index is 1090. The van der Waals surface area contributed by atoms with Gasteiger partial charge in [-0.3, -0.25) is 9.53 Å². The molecule has 0 bridgehead atoms. The van der Waals surface area contributed by atoms with Crippen LogP contribution in [0.15, 0.2) is 30.3 Å². The molecule has 0 spiro atoms. The second-order valence-electron chi connectivity index (χ2n) is 12.0. The van der Waals surface area contributed by atoms with E-state index in [-0.39, 0.29) is 18.5 Å². The summed E-state index contributed by atoms with van der Waals surface area (Å²) in [7, 11) is 6.19. The van der Waals surface area contributed by atoms with Crippen molar-refractivity contribution in [1.82, 2.24) is 0 Å². The SMILES string of the molecule is COC1C(OC)[C@H](OC)C(COC2(CBr)OC3C(OC(=O)C(C)(C)C)[C@@H]4OC(c5ccccc5)OCC4O[C@@H]3O2)O[C@@H]1OC. The zero-order valence-corrected chi connectivity index (χ0v) is 27.6. The maximum absolute atomic E-state index is 13.2. The summed E-state index contributed by atoms with van der Waals surface area (Å²) in [6, 6.07) is 9.53. The number of methoxy groups -OCH3 is 4. The largest absolute Gasteiger partial charge is 0.456 e. The lowest BCUT2D eigenvalue weighted by molar-refractivity contribution is -0.366. The first-order valence-corrected chi connectivity index (χ1v) is 15.7. The molecule has 0 amide bonds. The lowest BCUT2D eigenvalue weighted by atomic mass is 9.94. The number of hydrogen-bond donors (Lipinski definition) is 0. The monoisotopic (exact) mass is 690 g/mol. The summed E-state index contributed by atoms with van der Waals surface area (Å²) >= 11 is 3.48. The molecule has 4 aliphatic heterocycles. The van der Waals surface area contributed by atoms with E-state index in [1.165, 1.54) is 7.11 Å². The van der Waals surface area contributed by atoms with E-state index >= 15 is 0 Å². The van der Waals surface area contributed by atoms with Crippen LogP contribution in [0, 0.1) is 5.41 Å². The molecular formula is C30H43BrO13. The molecule has 12 atom stereocenters. The molecule has 4 aliphatic rings. The predicted molar refractivity (Wildman–Crippen MR) is 154 cm³/mol. The Balaban J connectivity index is 1.36. The summed E-state index contributed by atoms with van der Waals surface area (Å²) in [6.45, 7) is 5.50. The van der Waals surface area contributed by atoms with Crippen LogP contribution in [0.5, 0.6) is 0 Å². The number of fused-ring (bicyclic) bond motifs is 2. The number of alkyl halides is 1. The van der Waals surface area contributed by atoms with Gasteiger partial charge in [0.05, 0.1) is 24.0 Å². The summed E-state index contributed by atoms with van der Waals surface area (Å²) in [5.74, 6) is -2.05. The molecule has 1 aromatic rings. The summed E-state index contributed by atoms with van der Waals surface area (Å²) < 4.78 is 72.4. The highest BCUT2D eigenvalue weighted by molar-refractivity contribution is 9.09. The minimum absolute atomic E-state index is 0.0330. The van der Waals surface area contributed by atoms with Gasteiger partial charge in [-0.25, -0.2) is 0 Å². The number of hydrogen-bond acceptors (Lipinski definition) is 13. The van der Waals surface area contributed by atoms with Gasteiger partial charge in [-0.1, -0.05) is 46.3 Å². The maximum atomic E-state index is 13.2. The van der Waals surface area contributed by atoms with Gasteiger partial charge in [0.15, 0.2) is 31.1 Å². The van der Waals surface area contributed by atoms with Crippen molar-refractivity contribution in [1.29, 1.82) is 0 Å². The third-order valence-electron chi connectivity index (χ3n) is 8.09. The van der Waals surface area contributed by atoms with Crippen molar-refractivity contribution < 1.29 is 61.6 Å². The molecule has 0 aliphatic carbocycles. The minimum atomic E-state index is -1.63. The van der Waals surface area contributed by atoms with Gasteiger partial charge < -0.3 is 52.1 Å². The fraction of sp³-hybridized carbons (Fsp3) is 0.767. The smallest absolute Gasteiger partial charge is 0.311 e. The van der Waals surface area contributed by atoms with Gasteiger partial charge in [-0.2, -0.15) is 0 Å². The van der Waals surface area contributed by atoms with E-state index in [4.69, 9.17) is 56.8 Å². The molecule has 14 heteroatoms. The molecule has 13 nitrogen and oxygen atoms in total. The van der Waals surface area contributed by atoms with E-state index in [0.29, 0.717) is 0 Å². The van der Waals surface area contributed by atoms with Crippen molar-refractivity contribution in [2.45, 2.75) is 94.4 Å². The average Bonchev–Trinajstić information content (AvgIpc) is 3.41. The van der Waals surface area contributed by atoms with Gasteiger partial charge in [-0.05, 0) is 20.8 Å². The van der Waals surface area contributed by atoms with Crippen molar-refractivity contribution in [2.75, 3.05) is 47.0 Å². The van der Waals surface area contributed by atoms with Crippen molar-refractivity contribution in [2.24, 2.45) is 5.41 Å². The number of halogens is 1. The average molecular weight is 692 g/mol. The molecule has 4 saturated heterocycles. The lowest BCUT2D eigenvalue weighted by Gasteiger charge is -2.46. The number of ether oxygens (including phenoxy) is 12. The highest BCUT2D eigenvalue weighted by Crippen LogP contribution is 2.44. The number of carbonyl (C=O) groups excluding carboxylic acids is 1. The topological polar surface area (TPSA) is 128 Å². The third kappa shape index (κ3) is 6.87. The number of rotatable bonds is 10. The van der Waals surface area contributed by atoms with E-state index < -0.39 is 85.1 Å². The fourth-order valence-electron chi connectivity index (χ4n) is 5.78. The van der Waals surface area contributed by atoms with Gasteiger partial charge in [0.25, 0.3) is 5.97 Å². The molecular weight excluding hydrogens is 648 g/mol. The first-order valence-electron chi connectivity index (χ1n) is 14.6. The van der Waals surface area contributed by atoms with E-state index in [1.54, 1.807) is 42.1 Å². The van der Waals surface area contributed by atoms with Crippen LogP contribution in [-0.2, 0) is 61.6 Å². The molecule has 0 N–H and O–H groups in total. The van der Waals surface area contributed by atoms with Crippen LogP contribution >= 0.6 is 15.9 Å². The fourth-order valence-corrected chi connectivity index (χ4v) is 6.20. The van der Waals surface area contributed by atoms with Gasteiger partial charge in [0.1, 0.15) is 36.6 Å². The maximum Gasteiger partial charge on any atom is 0.311 e. The first-order chi connectivity index (χ1) is 21.1. The second kappa shape index (κ2) is 14.2. The van der Waals surface area contributed by atoms with Crippen LogP contribution in [0.3, 0.4) is 0 Å². The molecule has 248 valence electrons. The van der Waals surface area contributed by atoms with E-state index in [2.05, 4.69) is 15.9 Å². The van der Waals surface area contributed by atoms with Gasteiger partial charge >= 0.3 is 5.97 Å². The predicted octanol–water partition coefficient (Wildman–Crippen LogP) is 2.68. The zero-order chi connectivity index (χ0) is 31.6. The van der Waals surface area contributed by atoms with Crippen LogP contribution in [0.2, 0.25) is 0 Å². The summed E-state index contributed by atoms with van der Waals surface area (Å²) in [5.41, 5.74) is 0.0503. The molecule has 0 aromatic heterocycles. The summed E-state index contributed by atoms with van der Waals surface area (Å²) in [5, 5.41) is 0.0993. The Labute approximate surface area is 266 Å². The van der Waals surface area contributed by atoms with Crippen molar-refractivity contribution in [3.63, 3.8) is 0 Å². The van der Waals surface area contributed by atoms with Gasteiger partial charge in [0, 0.05) is 34.0 Å².